The lowest BCUT2D eigenvalue weighted by Crippen LogP contribution is -2.11. The van der Waals surface area contributed by atoms with E-state index in [1.807, 2.05) is 10.7 Å². The molecule has 0 aliphatic heterocycles. The van der Waals surface area contributed by atoms with Crippen molar-refractivity contribution in [3.05, 3.63) is 29.9 Å². The van der Waals surface area contributed by atoms with Crippen LogP contribution in [0.25, 0.3) is 16.6 Å². The summed E-state index contributed by atoms with van der Waals surface area (Å²) in [4.78, 5) is 4.25. The normalized spacial score (nSPS) is 12.8. The summed E-state index contributed by atoms with van der Waals surface area (Å²) < 4.78 is 1.93. The minimum absolute atomic E-state index is 0.210. The van der Waals surface area contributed by atoms with E-state index in [0.29, 0.717) is 17.3 Å². The van der Waals surface area contributed by atoms with Gasteiger partial charge in [-0.25, -0.2) is 0 Å². The van der Waals surface area contributed by atoms with Crippen LogP contribution in [0.3, 0.4) is 0 Å². The number of hydrogen-bond acceptors (Lipinski definition) is 5. The monoisotopic (exact) mass is 258 g/mol. The Balaban J connectivity index is 2.52. The van der Waals surface area contributed by atoms with Gasteiger partial charge in [-0.1, -0.05) is 13.8 Å². The summed E-state index contributed by atoms with van der Waals surface area (Å²) in [6.45, 7) is 5.10. The van der Waals surface area contributed by atoms with Crippen LogP contribution in [0.5, 0.6) is 0 Å². The molecule has 100 valence electrons. The number of aromatic nitrogens is 3. The van der Waals surface area contributed by atoms with Crippen LogP contribution in [0.4, 0.5) is 0 Å². The predicted molar refractivity (Wildman–Crippen MR) is 76.4 cm³/mol. The first-order valence-corrected chi connectivity index (χ1v) is 6.10. The van der Waals surface area contributed by atoms with E-state index in [-0.39, 0.29) is 5.70 Å². The molecule has 0 saturated carbocycles. The van der Waals surface area contributed by atoms with Crippen LogP contribution in [0.15, 0.2) is 24.2 Å². The number of hydrogen-bond donors (Lipinski definition) is 3. The van der Waals surface area contributed by atoms with Gasteiger partial charge in [-0.2, -0.15) is 5.10 Å². The molecule has 2 aromatic rings. The molecule has 6 heteroatoms. The van der Waals surface area contributed by atoms with Crippen molar-refractivity contribution < 1.29 is 0 Å². The molecule has 6 nitrogen and oxygen atoms in total. The molecule has 0 aliphatic rings. The molecule has 0 bridgehead atoms. The molecular formula is C13H18N6. The highest BCUT2D eigenvalue weighted by Crippen LogP contribution is 2.18. The van der Waals surface area contributed by atoms with Crippen molar-refractivity contribution in [1.82, 2.24) is 14.8 Å². The summed E-state index contributed by atoms with van der Waals surface area (Å²) >= 11 is 0. The van der Waals surface area contributed by atoms with Gasteiger partial charge in [-0.15, -0.1) is 0 Å². The van der Waals surface area contributed by atoms with Gasteiger partial charge in [0.2, 0.25) is 0 Å². The van der Waals surface area contributed by atoms with Crippen molar-refractivity contribution in [1.29, 1.82) is 5.41 Å². The molecule has 0 fully saturated rings. The van der Waals surface area contributed by atoms with Crippen molar-refractivity contribution in [3.63, 3.8) is 0 Å². The van der Waals surface area contributed by atoms with Crippen LogP contribution in [0.1, 0.15) is 19.5 Å². The van der Waals surface area contributed by atoms with Crippen molar-refractivity contribution in [2.45, 2.75) is 20.4 Å². The molecule has 2 heterocycles. The molecule has 0 unspecified atom stereocenters. The minimum atomic E-state index is 0.210. The quantitative estimate of drug-likeness (QED) is 0.719. The number of nitrogens with two attached hydrogens (primary N) is 2. The Labute approximate surface area is 111 Å². The molecule has 2 aromatic heterocycles. The summed E-state index contributed by atoms with van der Waals surface area (Å²) in [5.74, 6) is 0.499. The molecule has 0 amide bonds. The highest BCUT2D eigenvalue weighted by Gasteiger charge is 2.09. The van der Waals surface area contributed by atoms with Gasteiger partial charge in [-0.05, 0) is 12.0 Å². The lowest BCUT2D eigenvalue weighted by molar-refractivity contribution is 0.495. The first kappa shape index (κ1) is 13.1. The topological polar surface area (TPSA) is 107 Å². The largest absolute Gasteiger partial charge is 0.396 e. The molecule has 0 radical (unpaired) electrons. The van der Waals surface area contributed by atoms with Crippen LogP contribution in [-0.4, -0.2) is 21.0 Å². The zero-order valence-electron chi connectivity index (χ0n) is 11.1. The second-order valence-corrected chi connectivity index (χ2v) is 4.86. The number of pyridine rings is 1. The maximum absolute atomic E-state index is 7.12. The maximum atomic E-state index is 7.12. The third kappa shape index (κ3) is 2.57. The summed E-state index contributed by atoms with van der Waals surface area (Å²) in [5.41, 5.74) is 13.6. The number of rotatable bonds is 4. The second kappa shape index (κ2) is 5.09. The first-order valence-electron chi connectivity index (χ1n) is 6.10. The van der Waals surface area contributed by atoms with Crippen molar-refractivity contribution in [3.8, 4) is 0 Å². The van der Waals surface area contributed by atoms with Crippen LogP contribution >= 0.6 is 0 Å². The number of nitrogens with one attached hydrogen (secondary N) is 1. The Morgan fingerprint density at radius 3 is 2.79 bits per heavy atom. The van der Waals surface area contributed by atoms with E-state index < -0.39 is 0 Å². The van der Waals surface area contributed by atoms with Crippen LogP contribution in [0, 0.1) is 11.3 Å². The fourth-order valence-electron chi connectivity index (χ4n) is 1.84. The summed E-state index contributed by atoms with van der Waals surface area (Å²) in [5, 5.41) is 12.4. The molecule has 0 saturated heterocycles. The van der Waals surface area contributed by atoms with E-state index >= 15 is 0 Å². The summed E-state index contributed by atoms with van der Waals surface area (Å²) in [6, 6.07) is 1.86. The van der Waals surface area contributed by atoms with Crippen molar-refractivity contribution in [2.24, 2.45) is 17.4 Å². The summed E-state index contributed by atoms with van der Waals surface area (Å²) in [7, 11) is 0. The van der Waals surface area contributed by atoms with Crippen LogP contribution in [0.2, 0.25) is 0 Å². The van der Waals surface area contributed by atoms with Crippen molar-refractivity contribution >= 4 is 22.8 Å². The van der Waals surface area contributed by atoms with E-state index in [2.05, 4.69) is 23.9 Å². The summed E-state index contributed by atoms with van der Waals surface area (Å²) in [6.07, 6.45) is 4.53. The first-order chi connectivity index (χ1) is 9.02. The predicted octanol–water partition coefficient (Wildman–Crippen LogP) is 1.32. The lowest BCUT2D eigenvalue weighted by Gasteiger charge is -2.08. The number of allylic oxidation sites excluding steroid dienone is 1. The molecule has 5 N–H and O–H groups in total. The maximum Gasteiger partial charge on any atom is 0.0902 e. The zero-order chi connectivity index (χ0) is 14.0. The van der Waals surface area contributed by atoms with E-state index in [0.717, 1.165) is 23.7 Å². The van der Waals surface area contributed by atoms with E-state index in [1.54, 1.807) is 12.4 Å². The molecule has 2 rings (SSSR count). The van der Waals surface area contributed by atoms with Gasteiger partial charge in [0.25, 0.3) is 0 Å². The average molecular weight is 258 g/mol. The highest BCUT2D eigenvalue weighted by molar-refractivity contribution is 5.88. The Kier molecular flexibility index (Phi) is 3.50. The van der Waals surface area contributed by atoms with Gasteiger partial charge in [0.15, 0.2) is 0 Å². The minimum Gasteiger partial charge on any atom is -0.396 e. The third-order valence-corrected chi connectivity index (χ3v) is 2.81. The zero-order valence-corrected chi connectivity index (χ0v) is 11.1. The van der Waals surface area contributed by atoms with E-state index in [9.17, 15) is 0 Å². The standard InChI is InChI=1S/C13H18N6/c1-8(2)7-19-12-3-11(13(16)10(15)4-14)17-5-9(12)6-18-19/h3-6,8,14H,7,15-16H2,1-2H3/b13-10+,14-4?. The molecule has 0 aromatic carbocycles. The molecular weight excluding hydrogens is 240 g/mol. The van der Waals surface area contributed by atoms with E-state index in [1.165, 1.54) is 0 Å². The smallest absolute Gasteiger partial charge is 0.0902 e. The third-order valence-electron chi connectivity index (χ3n) is 2.81. The second-order valence-electron chi connectivity index (χ2n) is 4.86. The van der Waals surface area contributed by atoms with Gasteiger partial charge in [0, 0.05) is 24.3 Å². The molecule has 0 atom stereocenters. The van der Waals surface area contributed by atoms with Gasteiger partial charge in [0.1, 0.15) is 0 Å². The lowest BCUT2D eigenvalue weighted by atomic mass is 10.2. The fourth-order valence-corrected chi connectivity index (χ4v) is 1.84. The SMILES string of the molecule is CC(C)Cn1ncc2cnc(/C(N)=C(\N)C=N)cc21. The molecule has 0 aliphatic carbocycles. The highest BCUT2D eigenvalue weighted by atomic mass is 15.3. The van der Waals surface area contributed by atoms with Gasteiger partial charge in [-0.3, -0.25) is 9.67 Å². The van der Waals surface area contributed by atoms with Gasteiger partial charge in [0.05, 0.1) is 28.8 Å². The Morgan fingerprint density at radius 1 is 1.42 bits per heavy atom. The Hall–Kier alpha value is -2.37. The average Bonchev–Trinajstić information content (AvgIpc) is 2.78. The van der Waals surface area contributed by atoms with Crippen LogP contribution < -0.4 is 11.5 Å². The van der Waals surface area contributed by atoms with Crippen LogP contribution in [-0.2, 0) is 6.54 Å². The number of nitrogens with zero attached hydrogens (tertiary/aromatic N) is 3. The molecule has 0 spiro atoms. The van der Waals surface area contributed by atoms with E-state index in [4.69, 9.17) is 16.9 Å². The van der Waals surface area contributed by atoms with Gasteiger partial charge >= 0.3 is 0 Å². The Bertz CT molecular complexity index is 638. The van der Waals surface area contributed by atoms with Gasteiger partial charge < -0.3 is 16.9 Å². The molecule has 19 heavy (non-hydrogen) atoms. The number of fused-ring (bicyclic) bond motifs is 1. The Morgan fingerprint density at radius 2 is 2.16 bits per heavy atom. The fraction of sp³-hybridized carbons (Fsp3) is 0.308. The van der Waals surface area contributed by atoms with Crippen molar-refractivity contribution in [2.75, 3.05) is 0 Å².